The van der Waals surface area contributed by atoms with Crippen molar-refractivity contribution in [3.8, 4) is 62.8 Å². The van der Waals surface area contributed by atoms with Gasteiger partial charge in [-0.25, -0.2) is 4.98 Å². The monoisotopic (exact) mass is 450 g/mol. The number of benzene rings is 2. The number of methoxy groups -OCH3 is 3. The summed E-state index contributed by atoms with van der Waals surface area (Å²) in [5.74, 6) is 1.40. The van der Waals surface area contributed by atoms with Crippen LogP contribution in [-0.4, -0.2) is 41.5 Å². The first kappa shape index (κ1) is 21.8. The molecule has 0 aliphatic heterocycles. The third-order valence-corrected chi connectivity index (χ3v) is 5.09. The van der Waals surface area contributed by atoms with Gasteiger partial charge in [0, 0.05) is 17.7 Å². The number of aromatic hydroxyl groups is 2. The van der Waals surface area contributed by atoms with E-state index in [0.717, 1.165) is 0 Å². The van der Waals surface area contributed by atoms with Gasteiger partial charge in [-0.05, 0) is 37.3 Å². The molecule has 0 fully saturated rings. The number of ether oxygens (including phenoxy) is 3. The quantitative estimate of drug-likeness (QED) is 0.401. The number of nitrogens with one attached hydrogen (secondary N) is 1. The number of aromatic nitrogens is 2. The number of hydrogen-bond acceptors (Lipinski definition) is 8. The van der Waals surface area contributed by atoms with E-state index in [2.05, 4.69) is 4.98 Å². The van der Waals surface area contributed by atoms with Crippen LogP contribution >= 0.6 is 0 Å². The predicted octanol–water partition coefficient (Wildman–Crippen LogP) is 4.11. The molecule has 0 unspecified atom stereocenters. The van der Waals surface area contributed by atoms with E-state index >= 15 is 0 Å². The minimum absolute atomic E-state index is 0.0414. The Morgan fingerprint density at radius 1 is 0.939 bits per heavy atom. The number of hydrogen-bond donors (Lipinski definition) is 3. The van der Waals surface area contributed by atoms with Crippen molar-refractivity contribution in [1.82, 2.24) is 9.97 Å². The number of aromatic amines is 1. The summed E-state index contributed by atoms with van der Waals surface area (Å²) in [5.41, 5.74) is 1.23. The molecular formula is C24H22N2O7. The highest BCUT2D eigenvalue weighted by Gasteiger charge is 2.24. The second kappa shape index (κ2) is 8.62. The number of phenolic OH excluding ortho intramolecular Hbond substituents is 1. The van der Waals surface area contributed by atoms with Crippen molar-refractivity contribution in [2.75, 3.05) is 21.3 Å². The predicted molar refractivity (Wildman–Crippen MR) is 121 cm³/mol. The zero-order valence-corrected chi connectivity index (χ0v) is 18.4. The van der Waals surface area contributed by atoms with Crippen molar-refractivity contribution >= 4 is 0 Å². The van der Waals surface area contributed by atoms with E-state index in [1.165, 1.54) is 26.4 Å². The third kappa shape index (κ3) is 3.96. The van der Waals surface area contributed by atoms with Crippen molar-refractivity contribution in [3.63, 3.8) is 0 Å². The van der Waals surface area contributed by atoms with E-state index in [9.17, 15) is 15.0 Å². The van der Waals surface area contributed by atoms with E-state index in [4.69, 9.17) is 23.6 Å². The van der Waals surface area contributed by atoms with Gasteiger partial charge in [0.25, 0.3) is 0 Å². The maximum absolute atomic E-state index is 12.2. The topological polar surface area (TPSA) is 127 Å². The maximum Gasteiger partial charge on any atom is 0.227 e. The van der Waals surface area contributed by atoms with Gasteiger partial charge in [-0.15, -0.1) is 0 Å². The highest BCUT2D eigenvalue weighted by molar-refractivity contribution is 5.83. The summed E-state index contributed by atoms with van der Waals surface area (Å²) in [6, 6.07) is 11.1. The molecule has 3 N–H and O–H groups in total. The Labute approximate surface area is 188 Å². The van der Waals surface area contributed by atoms with Crippen LogP contribution in [-0.2, 0) is 0 Å². The second-order valence-corrected chi connectivity index (χ2v) is 7.16. The Hall–Kier alpha value is -4.40. The van der Waals surface area contributed by atoms with E-state index in [1.54, 1.807) is 44.4 Å². The standard InChI is InChI=1S/C24H22N2O7/c1-12-9-17(28)22(29)23(33-12)21-20(13-5-8-16(27)19(10-13)32-4)25-24(26-21)15-7-6-14(30-2)11-18(15)31-3/h5-11,27,29H,1-4H3,(H,25,26). The first-order valence-corrected chi connectivity index (χ1v) is 9.90. The summed E-state index contributed by atoms with van der Waals surface area (Å²) in [4.78, 5) is 20.1. The van der Waals surface area contributed by atoms with Crippen molar-refractivity contribution in [2.45, 2.75) is 6.92 Å². The Kier molecular flexibility index (Phi) is 5.70. The molecule has 0 aliphatic carbocycles. The molecule has 2 aromatic carbocycles. The van der Waals surface area contributed by atoms with Crippen LogP contribution in [0, 0.1) is 6.92 Å². The first-order valence-electron chi connectivity index (χ1n) is 9.90. The molecule has 170 valence electrons. The van der Waals surface area contributed by atoms with Gasteiger partial charge in [0.15, 0.2) is 17.3 Å². The molecule has 0 amide bonds. The number of imidazole rings is 1. The number of phenols is 1. The van der Waals surface area contributed by atoms with Gasteiger partial charge in [-0.2, -0.15) is 0 Å². The van der Waals surface area contributed by atoms with Crippen LogP contribution in [0.1, 0.15) is 5.76 Å². The zero-order chi connectivity index (χ0) is 23.7. The Morgan fingerprint density at radius 3 is 2.39 bits per heavy atom. The fourth-order valence-electron chi connectivity index (χ4n) is 3.47. The molecule has 0 aliphatic rings. The normalized spacial score (nSPS) is 10.8. The van der Waals surface area contributed by atoms with Crippen LogP contribution < -0.4 is 19.6 Å². The minimum Gasteiger partial charge on any atom is -0.504 e. The van der Waals surface area contributed by atoms with Crippen molar-refractivity contribution in [3.05, 3.63) is 58.4 Å². The van der Waals surface area contributed by atoms with Gasteiger partial charge in [-0.3, -0.25) is 4.79 Å². The van der Waals surface area contributed by atoms with E-state index in [0.29, 0.717) is 39.9 Å². The second-order valence-electron chi connectivity index (χ2n) is 7.16. The Morgan fingerprint density at radius 2 is 1.70 bits per heavy atom. The minimum atomic E-state index is -0.582. The molecule has 9 heteroatoms. The summed E-state index contributed by atoms with van der Waals surface area (Å²) >= 11 is 0. The molecule has 0 radical (unpaired) electrons. The number of rotatable bonds is 6. The number of nitrogens with zero attached hydrogens (tertiary/aromatic N) is 1. The number of H-pyrrole nitrogens is 1. The molecule has 0 saturated carbocycles. The maximum atomic E-state index is 12.2. The van der Waals surface area contributed by atoms with Crippen molar-refractivity contribution in [2.24, 2.45) is 0 Å². The smallest absolute Gasteiger partial charge is 0.227 e. The number of aryl methyl sites for hydroxylation is 1. The molecule has 2 aromatic heterocycles. The van der Waals surface area contributed by atoms with Crippen LogP contribution in [0.4, 0.5) is 0 Å². The largest absolute Gasteiger partial charge is 0.504 e. The molecule has 4 aromatic rings. The lowest BCUT2D eigenvalue weighted by Gasteiger charge is -2.08. The third-order valence-electron chi connectivity index (χ3n) is 5.09. The van der Waals surface area contributed by atoms with E-state index in [1.807, 2.05) is 0 Å². The highest BCUT2D eigenvalue weighted by Crippen LogP contribution is 2.41. The lowest BCUT2D eigenvalue weighted by Crippen LogP contribution is -2.01. The van der Waals surface area contributed by atoms with Crippen molar-refractivity contribution < 1.29 is 28.8 Å². The van der Waals surface area contributed by atoms with Gasteiger partial charge in [0.05, 0.1) is 26.9 Å². The molecule has 0 spiro atoms. The summed E-state index contributed by atoms with van der Waals surface area (Å²) in [6.45, 7) is 1.61. The van der Waals surface area contributed by atoms with E-state index in [-0.39, 0.29) is 23.0 Å². The van der Waals surface area contributed by atoms with Crippen LogP contribution in [0.2, 0.25) is 0 Å². The zero-order valence-electron chi connectivity index (χ0n) is 18.4. The average molecular weight is 450 g/mol. The molecule has 4 rings (SSSR count). The first-order chi connectivity index (χ1) is 15.9. The van der Waals surface area contributed by atoms with Gasteiger partial charge in [0.2, 0.25) is 11.2 Å². The van der Waals surface area contributed by atoms with Gasteiger partial charge < -0.3 is 33.8 Å². The molecule has 9 nitrogen and oxygen atoms in total. The van der Waals surface area contributed by atoms with Crippen LogP contribution in [0.15, 0.2) is 51.7 Å². The lowest BCUT2D eigenvalue weighted by molar-refractivity contribution is 0.373. The Bertz CT molecular complexity index is 1390. The molecule has 0 atom stereocenters. The fourth-order valence-corrected chi connectivity index (χ4v) is 3.47. The average Bonchev–Trinajstić information content (AvgIpc) is 3.26. The molecule has 0 saturated heterocycles. The SMILES string of the molecule is COc1ccc(-c2nc(-c3ccc(O)c(OC)c3)c(-c3oc(C)cc(=O)c3O)[nH]2)c(OC)c1. The summed E-state index contributed by atoms with van der Waals surface area (Å²) in [6.07, 6.45) is 0. The van der Waals surface area contributed by atoms with Gasteiger partial charge in [-0.1, -0.05) is 0 Å². The highest BCUT2D eigenvalue weighted by atomic mass is 16.5. The summed E-state index contributed by atoms with van der Waals surface area (Å²) in [5, 5.41) is 20.5. The Balaban J connectivity index is 2.00. The van der Waals surface area contributed by atoms with E-state index < -0.39 is 11.2 Å². The summed E-state index contributed by atoms with van der Waals surface area (Å²) in [7, 11) is 4.51. The molecule has 33 heavy (non-hydrogen) atoms. The van der Waals surface area contributed by atoms with Crippen molar-refractivity contribution in [1.29, 1.82) is 0 Å². The molecule has 0 bridgehead atoms. The molecular weight excluding hydrogens is 428 g/mol. The fraction of sp³-hybridized carbons (Fsp3) is 0.167. The van der Waals surface area contributed by atoms with Crippen LogP contribution in [0.25, 0.3) is 34.1 Å². The molecule has 2 heterocycles. The lowest BCUT2D eigenvalue weighted by atomic mass is 10.1. The van der Waals surface area contributed by atoms with Crippen LogP contribution in [0.3, 0.4) is 0 Å². The summed E-state index contributed by atoms with van der Waals surface area (Å²) < 4.78 is 21.7. The van der Waals surface area contributed by atoms with Crippen LogP contribution in [0.5, 0.6) is 28.7 Å². The van der Waals surface area contributed by atoms with Gasteiger partial charge in [0.1, 0.15) is 34.5 Å². The van der Waals surface area contributed by atoms with Gasteiger partial charge >= 0.3 is 0 Å².